The quantitative estimate of drug-likeness (QED) is 0.757. The Morgan fingerprint density at radius 2 is 1.75 bits per heavy atom. The monoisotopic (exact) mass is 324 g/mol. The number of anilines is 1. The number of pyridine rings is 1. The highest BCUT2D eigenvalue weighted by molar-refractivity contribution is 6.10. The lowest BCUT2D eigenvalue weighted by molar-refractivity contribution is 0.0988. The molecule has 2 aromatic carbocycles. The van der Waals surface area contributed by atoms with Crippen LogP contribution in [0.1, 0.15) is 10.4 Å². The maximum atomic E-state index is 12.8. The number of rotatable bonds is 2. The molecule has 24 heavy (non-hydrogen) atoms. The molecule has 0 spiro atoms. The first-order valence-electron chi connectivity index (χ1n) is 7.29. The predicted molar refractivity (Wildman–Crippen MR) is 91.7 cm³/mol. The smallest absolute Gasteiger partial charge is 0.267 e. The van der Waals surface area contributed by atoms with Crippen molar-refractivity contribution in [1.29, 1.82) is 0 Å². The molecular formula is C18H16N2O4. The van der Waals surface area contributed by atoms with Crippen molar-refractivity contribution in [2.24, 2.45) is 7.05 Å². The number of nitrogens with zero attached hydrogens (tertiary/aromatic N) is 2. The Bertz CT molecular complexity index is 993. The van der Waals surface area contributed by atoms with Gasteiger partial charge in [-0.15, -0.1) is 0 Å². The maximum absolute atomic E-state index is 12.8. The van der Waals surface area contributed by atoms with Gasteiger partial charge in [-0.1, -0.05) is 18.2 Å². The molecule has 2 N–H and O–H groups in total. The molecule has 1 amide bonds. The first-order chi connectivity index (χ1) is 11.4. The Balaban J connectivity index is 2.23. The number of para-hydroxylation sites is 1. The van der Waals surface area contributed by atoms with Gasteiger partial charge in [0.1, 0.15) is 17.1 Å². The van der Waals surface area contributed by atoms with E-state index in [0.717, 1.165) is 0 Å². The zero-order valence-electron chi connectivity index (χ0n) is 13.2. The van der Waals surface area contributed by atoms with E-state index in [1.165, 1.54) is 41.8 Å². The molecule has 1 aromatic heterocycles. The molecule has 0 aliphatic heterocycles. The Morgan fingerprint density at radius 1 is 1.08 bits per heavy atom. The number of hydrogen-bond acceptors (Lipinski definition) is 4. The SMILES string of the molecule is CN(C(=O)c1c(O)c2cc(O)ccc2n(C)c1=O)c1ccccc1. The molecule has 3 aromatic rings. The summed E-state index contributed by atoms with van der Waals surface area (Å²) >= 11 is 0. The van der Waals surface area contributed by atoms with E-state index in [9.17, 15) is 19.8 Å². The fourth-order valence-corrected chi connectivity index (χ4v) is 2.65. The van der Waals surface area contributed by atoms with Gasteiger partial charge in [-0.3, -0.25) is 9.59 Å². The zero-order chi connectivity index (χ0) is 17.4. The van der Waals surface area contributed by atoms with Crippen molar-refractivity contribution in [3.8, 4) is 11.5 Å². The molecule has 0 atom stereocenters. The van der Waals surface area contributed by atoms with Crippen molar-refractivity contribution < 1.29 is 15.0 Å². The molecule has 6 nitrogen and oxygen atoms in total. The number of phenolic OH excluding ortho intramolecular Hbond substituents is 1. The molecule has 0 saturated heterocycles. The minimum Gasteiger partial charge on any atom is -0.508 e. The Kier molecular flexibility index (Phi) is 3.73. The van der Waals surface area contributed by atoms with Crippen molar-refractivity contribution in [2.45, 2.75) is 0 Å². The van der Waals surface area contributed by atoms with E-state index in [2.05, 4.69) is 0 Å². The third-order valence-electron chi connectivity index (χ3n) is 4.01. The summed E-state index contributed by atoms with van der Waals surface area (Å²) in [6.07, 6.45) is 0. The minimum absolute atomic E-state index is 0.0636. The van der Waals surface area contributed by atoms with Crippen LogP contribution in [0, 0.1) is 0 Å². The lowest BCUT2D eigenvalue weighted by atomic mass is 10.1. The lowest BCUT2D eigenvalue weighted by Crippen LogP contribution is -2.34. The Morgan fingerprint density at radius 3 is 2.42 bits per heavy atom. The number of aromatic hydroxyl groups is 2. The van der Waals surface area contributed by atoms with Crippen molar-refractivity contribution in [1.82, 2.24) is 4.57 Å². The largest absolute Gasteiger partial charge is 0.508 e. The van der Waals surface area contributed by atoms with Gasteiger partial charge >= 0.3 is 0 Å². The summed E-state index contributed by atoms with van der Waals surface area (Å²) in [4.78, 5) is 26.6. The lowest BCUT2D eigenvalue weighted by Gasteiger charge is -2.19. The summed E-state index contributed by atoms with van der Waals surface area (Å²) < 4.78 is 1.28. The molecular weight excluding hydrogens is 308 g/mol. The second-order valence-electron chi connectivity index (χ2n) is 5.49. The fourth-order valence-electron chi connectivity index (χ4n) is 2.65. The summed E-state index contributed by atoms with van der Waals surface area (Å²) in [6.45, 7) is 0. The molecule has 0 aliphatic rings. The average molecular weight is 324 g/mol. The number of benzene rings is 2. The topological polar surface area (TPSA) is 82.8 Å². The van der Waals surface area contributed by atoms with Crippen molar-refractivity contribution in [3.05, 3.63) is 64.4 Å². The number of amides is 1. The zero-order valence-corrected chi connectivity index (χ0v) is 13.2. The second kappa shape index (κ2) is 5.73. The predicted octanol–water partition coefficient (Wildman–Crippen LogP) is 2.23. The van der Waals surface area contributed by atoms with Crippen LogP contribution in [-0.4, -0.2) is 27.7 Å². The fraction of sp³-hybridized carbons (Fsp3) is 0.111. The Hall–Kier alpha value is -3.28. The molecule has 0 bridgehead atoms. The van der Waals surface area contributed by atoms with E-state index in [-0.39, 0.29) is 16.7 Å². The van der Waals surface area contributed by atoms with Crippen LogP contribution in [0.15, 0.2) is 53.3 Å². The van der Waals surface area contributed by atoms with E-state index in [1.54, 1.807) is 24.3 Å². The summed E-state index contributed by atoms with van der Waals surface area (Å²) in [5.41, 5.74) is 0.0922. The highest BCUT2D eigenvalue weighted by Crippen LogP contribution is 2.30. The van der Waals surface area contributed by atoms with Gasteiger partial charge in [-0.25, -0.2) is 0 Å². The van der Waals surface area contributed by atoms with Gasteiger partial charge in [0.05, 0.1) is 5.52 Å². The number of carbonyl (C=O) groups excluding carboxylic acids is 1. The Labute approximate surface area is 137 Å². The third-order valence-corrected chi connectivity index (χ3v) is 4.01. The third kappa shape index (κ3) is 2.38. The first kappa shape index (κ1) is 15.6. The van der Waals surface area contributed by atoms with E-state index >= 15 is 0 Å². The first-order valence-corrected chi connectivity index (χ1v) is 7.29. The minimum atomic E-state index is -0.621. The van der Waals surface area contributed by atoms with Gasteiger partial charge in [0.25, 0.3) is 11.5 Å². The molecule has 0 fully saturated rings. The number of aryl methyl sites for hydroxylation is 1. The van der Waals surface area contributed by atoms with E-state index in [1.807, 2.05) is 6.07 Å². The molecule has 122 valence electrons. The van der Waals surface area contributed by atoms with Crippen LogP contribution >= 0.6 is 0 Å². The molecule has 1 heterocycles. The number of aromatic nitrogens is 1. The number of phenols is 1. The van der Waals surface area contributed by atoms with Gasteiger partial charge in [0.15, 0.2) is 0 Å². The van der Waals surface area contributed by atoms with Gasteiger partial charge in [0.2, 0.25) is 0 Å². The van der Waals surface area contributed by atoms with Crippen LogP contribution in [0.5, 0.6) is 11.5 Å². The molecule has 0 aliphatic carbocycles. The van der Waals surface area contributed by atoms with E-state index < -0.39 is 17.2 Å². The standard InChI is InChI=1S/C18H16N2O4/c1-19(11-6-4-3-5-7-11)17(23)15-16(22)13-10-12(21)8-9-14(13)20(2)18(15)24/h3-10,21-22H,1-2H3. The molecule has 6 heteroatoms. The normalized spacial score (nSPS) is 10.8. The summed E-state index contributed by atoms with van der Waals surface area (Å²) in [6, 6.07) is 13.1. The summed E-state index contributed by atoms with van der Waals surface area (Å²) in [5.74, 6) is -1.12. The van der Waals surface area contributed by atoms with Crippen LogP contribution in [0.2, 0.25) is 0 Å². The molecule has 0 radical (unpaired) electrons. The molecule has 0 unspecified atom stereocenters. The van der Waals surface area contributed by atoms with Crippen molar-refractivity contribution in [3.63, 3.8) is 0 Å². The van der Waals surface area contributed by atoms with Crippen molar-refractivity contribution in [2.75, 3.05) is 11.9 Å². The van der Waals surface area contributed by atoms with Gasteiger partial charge < -0.3 is 19.7 Å². The number of carbonyl (C=O) groups is 1. The summed E-state index contributed by atoms with van der Waals surface area (Å²) in [5, 5.41) is 20.3. The van der Waals surface area contributed by atoms with Crippen LogP contribution in [-0.2, 0) is 7.05 Å². The van der Waals surface area contributed by atoms with Crippen LogP contribution in [0.25, 0.3) is 10.9 Å². The summed E-state index contributed by atoms with van der Waals surface area (Å²) in [7, 11) is 3.05. The number of hydrogen-bond donors (Lipinski definition) is 2. The maximum Gasteiger partial charge on any atom is 0.267 e. The van der Waals surface area contributed by atoms with Gasteiger partial charge in [-0.2, -0.15) is 0 Å². The molecule has 0 saturated carbocycles. The average Bonchev–Trinajstić information content (AvgIpc) is 2.60. The molecule has 3 rings (SSSR count). The van der Waals surface area contributed by atoms with Gasteiger partial charge in [-0.05, 0) is 30.3 Å². The van der Waals surface area contributed by atoms with Crippen LogP contribution in [0.4, 0.5) is 5.69 Å². The highest BCUT2D eigenvalue weighted by Gasteiger charge is 2.24. The van der Waals surface area contributed by atoms with Crippen LogP contribution in [0.3, 0.4) is 0 Å². The van der Waals surface area contributed by atoms with E-state index in [0.29, 0.717) is 11.2 Å². The van der Waals surface area contributed by atoms with E-state index in [4.69, 9.17) is 0 Å². The number of fused-ring (bicyclic) bond motifs is 1. The van der Waals surface area contributed by atoms with Crippen molar-refractivity contribution >= 4 is 22.5 Å². The van der Waals surface area contributed by atoms with Gasteiger partial charge in [0, 0.05) is 25.2 Å². The second-order valence-corrected chi connectivity index (χ2v) is 5.49. The van der Waals surface area contributed by atoms with Crippen LogP contribution < -0.4 is 10.5 Å². The highest BCUT2D eigenvalue weighted by atomic mass is 16.3.